The Labute approximate surface area is 244 Å². The van der Waals surface area contributed by atoms with Gasteiger partial charge in [0.2, 0.25) is 5.91 Å². The Bertz CT molecular complexity index is 1480. The molecule has 0 aliphatic carbocycles. The monoisotopic (exact) mass is 582 g/mol. The first-order valence-corrected chi connectivity index (χ1v) is 13.7. The molecule has 1 aromatic heterocycles. The zero-order valence-electron chi connectivity index (χ0n) is 24.3. The maximum atomic E-state index is 14.1. The first kappa shape index (κ1) is 30.4. The summed E-state index contributed by atoms with van der Waals surface area (Å²) in [5, 5.41) is 3.25. The summed E-state index contributed by atoms with van der Waals surface area (Å²) in [5.41, 5.74) is 0.881. The van der Waals surface area contributed by atoms with Crippen molar-refractivity contribution in [1.29, 1.82) is 0 Å². The van der Waals surface area contributed by atoms with Crippen molar-refractivity contribution in [2.75, 3.05) is 43.4 Å². The minimum absolute atomic E-state index is 0.162. The van der Waals surface area contributed by atoms with Gasteiger partial charge in [0.05, 0.1) is 16.2 Å². The summed E-state index contributed by atoms with van der Waals surface area (Å²) in [6, 6.07) is 7.58. The van der Waals surface area contributed by atoms with Crippen LogP contribution in [0.25, 0.3) is 10.9 Å². The van der Waals surface area contributed by atoms with Crippen LogP contribution in [-0.4, -0.2) is 70.6 Å². The summed E-state index contributed by atoms with van der Waals surface area (Å²) in [5.74, 6) is -0.824. The SMILES string of the molecule is C=CC(=O)Nc1cc2c(N(C(=O)OC(C)(C)C)c3ccc(F)c(Cl)c3)ncnc2cc1C(C)(C)N1CCN(C)CC1. The van der Waals surface area contributed by atoms with Crippen LogP contribution in [0.5, 0.6) is 0 Å². The summed E-state index contributed by atoms with van der Waals surface area (Å²) >= 11 is 6.10. The van der Waals surface area contributed by atoms with Gasteiger partial charge in [0.15, 0.2) is 5.82 Å². The lowest BCUT2D eigenvalue weighted by atomic mass is 9.88. The van der Waals surface area contributed by atoms with E-state index in [9.17, 15) is 14.0 Å². The molecule has 9 nitrogen and oxygen atoms in total. The molecule has 1 saturated heterocycles. The van der Waals surface area contributed by atoms with Crippen LogP contribution in [0, 0.1) is 5.82 Å². The van der Waals surface area contributed by atoms with Gasteiger partial charge >= 0.3 is 6.09 Å². The van der Waals surface area contributed by atoms with Gasteiger partial charge in [-0.3, -0.25) is 9.69 Å². The Morgan fingerprint density at radius 3 is 2.39 bits per heavy atom. The number of piperazine rings is 1. The highest BCUT2D eigenvalue weighted by molar-refractivity contribution is 6.31. The van der Waals surface area contributed by atoms with Crippen LogP contribution in [0.3, 0.4) is 0 Å². The van der Waals surface area contributed by atoms with Crippen molar-refractivity contribution >= 4 is 51.7 Å². The number of benzene rings is 2. The summed E-state index contributed by atoms with van der Waals surface area (Å²) < 4.78 is 19.8. The maximum Gasteiger partial charge on any atom is 0.420 e. The van der Waals surface area contributed by atoms with Crippen molar-refractivity contribution in [3.63, 3.8) is 0 Å². The van der Waals surface area contributed by atoms with Crippen molar-refractivity contribution in [2.24, 2.45) is 0 Å². The van der Waals surface area contributed by atoms with Gasteiger partial charge in [0, 0.05) is 42.8 Å². The highest BCUT2D eigenvalue weighted by Crippen LogP contribution is 2.40. The quantitative estimate of drug-likeness (QED) is 0.351. The Hall–Kier alpha value is -3.60. The second kappa shape index (κ2) is 11.7. The number of nitrogens with one attached hydrogen (secondary N) is 1. The average molecular weight is 583 g/mol. The standard InChI is InChI=1S/C30H36ClFN6O3/c1-8-26(39)35-25-16-20-24(17-21(25)30(5,6)37-13-11-36(7)12-14-37)33-18-34-27(20)38(28(40)41-29(2,3)4)19-9-10-23(32)22(31)15-19/h8-10,15-18H,1,11-14H2,2-7H3,(H,35,39). The molecular weight excluding hydrogens is 547 g/mol. The van der Waals surface area contributed by atoms with Crippen LogP contribution >= 0.6 is 11.6 Å². The lowest BCUT2D eigenvalue weighted by Crippen LogP contribution is -2.52. The number of anilines is 3. The molecule has 0 spiro atoms. The van der Waals surface area contributed by atoms with E-state index >= 15 is 0 Å². The molecule has 0 bridgehead atoms. The first-order valence-electron chi connectivity index (χ1n) is 13.4. The van der Waals surface area contributed by atoms with Gasteiger partial charge in [0.1, 0.15) is 17.7 Å². The smallest absolute Gasteiger partial charge is 0.420 e. The van der Waals surface area contributed by atoms with Crippen molar-refractivity contribution < 1.29 is 18.7 Å². The van der Waals surface area contributed by atoms with Crippen molar-refractivity contribution in [3.05, 3.63) is 65.7 Å². The maximum absolute atomic E-state index is 14.1. The number of hydrogen-bond acceptors (Lipinski definition) is 7. The van der Waals surface area contributed by atoms with Gasteiger partial charge in [0.25, 0.3) is 0 Å². The fraction of sp³-hybridized carbons (Fsp3) is 0.400. The van der Waals surface area contributed by atoms with E-state index in [2.05, 4.69) is 52.6 Å². The molecule has 2 heterocycles. The number of rotatable bonds is 6. The second-order valence-electron chi connectivity index (χ2n) is 11.6. The predicted octanol–water partition coefficient (Wildman–Crippen LogP) is 6.10. The van der Waals surface area contributed by atoms with Crippen LogP contribution in [0.2, 0.25) is 5.02 Å². The van der Waals surface area contributed by atoms with E-state index in [0.29, 0.717) is 16.6 Å². The summed E-state index contributed by atoms with van der Waals surface area (Å²) in [4.78, 5) is 41.0. The number of carbonyl (C=O) groups excluding carboxylic acids is 2. The number of carbonyl (C=O) groups is 2. The fourth-order valence-electron chi connectivity index (χ4n) is 4.84. The first-order chi connectivity index (χ1) is 19.2. The van der Waals surface area contributed by atoms with Crippen LogP contribution in [0.15, 0.2) is 49.3 Å². The molecular formula is C30H36ClFN6O3. The Balaban J connectivity index is 1.93. The Morgan fingerprint density at radius 1 is 1.10 bits per heavy atom. The minimum atomic E-state index is -0.829. The molecule has 1 aliphatic rings. The molecule has 11 heteroatoms. The molecule has 1 N–H and O–H groups in total. The van der Waals surface area contributed by atoms with Gasteiger partial charge in [-0.2, -0.15) is 0 Å². The summed E-state index contributed by atoms with van der Waals surface area (Å²) in [6.45, 7) is 16.6. The summed E-state index contributed by atoms with van der Waals surface area (Å²) in [7, 11) is 2.10. The normalized spacial score (nSPS) is 15.0. The highest BCUT2D eigenvalue weighted by atomic mass is 35.5. The highest BCUT2D eigenvalue weighted by Gasteiger charge is 2.35. The lowest BCUT2D eigenvalue weighted by Gasteiger charge is -2.44. The van der Waals surface area contributed by atoms with E-state index in [4.69, 9.17) is 16.3 Å². The molecule has 3 aromatic rings. The van der Waals surface area contributed by atoms with Crippen molar-refractivity contribution in [2.45, 2.75) is 45.8 Å². The lowest BCUT2D eigenvalue weighted by molar-refractivity contribution is -0.111. The molecule has 41 heavy (non-hydrogen) atoms. The van der Waals surface area contributed by atoms with Gasteiger partial charge in [-0.15, -0.1) is 0 Å². The zero-order valence-corrected chi connectivity index (χ0v) is 25.0. The number of amides is 2. The third-order valence-corrected chi connectivity index (χ3v) is 7.39. The molecule has 0 radical (unpaired) electrons. The number of aromatic nitrogens is 2. The number of fused-ring (bicyclic) bond motifs is 1. The van der Waals surface area contributed by atoms with Gasteiger partial charge in [-0.25, -0.2) is 24.1 Å². The van der Waals surface area contributed by atoms with Crippen LogP contribution < -0.4 is 10.2 Å². The molecule has 0 saturated carbocycles. The van der Waals surface area contributed by atoms with E-state index in [1.165, 1.54) is 35.5 Å². The second-order valence-corrected chi connectivity index (χ2v) is 12.0. The third kappa shape index (κ3) is 6.66. The Kier molecular flexibility index (Phi) is 8.67. The number of ether oxygens (including phenoxy) is 1. The van der Waals surface area contributed by atoms with Crippen LogP contribution in [-0.2, 0) is 15.1 Å². The van der Waals surface area contributed by atoms with E-state index < -0.39 is 23.1 Å². The number of hydrogen-bond donors (Lipinski definition) is 1. The molecule has 0 unspecified atom stereocenters. The molecule has 1 fully saturated rings. The van der Waals surface area contributed by atoms with E-state index in [-0.39, 0.29) is 22.4 Å². The van der Waals surface area contributed by atoms with E-state index in [0.717, 1.165) is 31.7 Å². The molecule has 2 aromatic carbocycles. The molecule has 2 amide bonds. The fourth-order valence-corrected chi connectivity index (χ4v) is 5.02. The van der Waals surface area contributed by atoms with Crippen LogP contribution in [0.4, 0.5) is 26.4 Å². The minimum Gasteiger partial charge on any atom is -0.443 e. The molecule has 0 atom stereocenters. The van der Waals surface area contributed by atoms with E-state index in [1.54, 1.807) is 26.8 Å². The zero-order chi connectivity index (χ0) is 30.1. The van der Waals surface area contributed by atoms with Crippen molar-refractivity contribution in [3.8, 4) is 0 Å². The average Bonchev–Trinajstić information content (AvgIpc) is 2.89. The predicted molar refractivity (Wildman–Crippen MR) is 160 cm³/mol. The summed E-state index contributed by atoms with van der Waals surface area (Å²) in [6.07, 6.45) is 1.82. The molecule has 4 rings (SSSR count). The number of likely N-dealkylation sites (N-methyl/N-ethyl adjacent to an activating group) is 1. The molecule has 1 aliphatic heterocycles. The number of nitrogens with zero attached hydrogens (tertiary/aromatic N) is 5. The van der Waals surface area contributed by atoms with Gasteiger partial charge < -0.3 is 15.0 Å². The molecule has 218 valence electrons. The number of halogens is 2. The Morgan fingerprint density at radius 2 is 1.78 bits per heavy atom. The largest absolute Gasteiger partial charge is 0.443 e. The topological polar surface area (TPSA) is 90.9 Å². The van der Waals surface area contributed by atoms with E-state index in [1.807, 2.05) is 6.07 Å². The van der Waals surface area contributed by atoms with Gasteiger partial charge in [-0.1, -0.05) is 18.2 Å². The van der Waals surface area contributed by atoms with Crippen LogP contribution in [0.1, 0.15) is 40.2 Å². The van der Waals surface area contributed by atoms with Crippen molar-refractivity contribution in [1.82, 2.24) is 19.8 Å². The third-order valence-electron chi connectivity index (χ3n) is 7.10. The van der Waals surface area contributed by atoms with Gasteiger partial charge in [-0.05, 0) is 83.6 Å².